The molecule has 0 bridgehead atoms. The van der Waals surface area contributed by atoms with E-state index < -0.39 is 45.3 Å². The molecule has 0 fully saturated rings. The number of amides is 3. The van der Waals surface area contributed by atoms with E-state index in [9.17, 15) is 49.1 Å². The first-order valence-electron chi connectivity index (χ1n) is 20.7. The summed E-state index contributed by atoms with van der Waals surface area (Å²) in [6.07, 6.45) is -6.50. The summed E-state index contributed by atoms with van der Waals surface area (Å²) in [5.41, 5.74) is 0.550. The molecule has 13 nitrogen and oxygen atoms in total. The number of nitrogens with one attached hydrogen (secondary N) is 3. The fourth-order valence-electron chi connectivity index (χ4n) is 6.05. The summed E-state index contributed by atoms with van der Waals surface area (Å²) in [7, 11) is -4.22. The highest BCUT2D eigenvalue weighted by molar-refractivity contribution is 7.94. The maximum atomic E-state index is 12.9. The van der Waals surface area contributed by atoms with E-state index in [2.05, 4.69) is 20.0 Å². The fourth-order valence-corrected chi connectivity index (χ4v) is 7.68. The number of hydrogen-bond acceptors (Lipinski definition) is 11. The normalized spacial score (nSPS) is 11.4. The van der Waals surface area contributed by atoms with Crippen LogP contribution < -0.4 is 30.7 Å². The standard InChI is InChI=1S/C27H27F3N2O5S.C21H17F3N2O4S/c1-2-3-4-12-25(33)32-38(35,36)24-11-6-5-10-23(24)31-26(34)20-8-7-9-22(17-20)37-18-19-13-15-21(16-14-19)27(28,29)30;22-21(23,24)16-10-8-14(9-11-16)13-28-17-5-3-4-15(12-17)20(27)26-18-6-1-2-7-19(18)31-30-29-25/h5-11,13-17H,2-4,12,18H2,1H3,(H,31,34)(H,32,33);1-12H,13,25H2,(H,26,27). The molecule has 6 aromatic carbocycles. The van der Waals surface area contributed by atoms with Crippen molar-refractivity contribution < 1.29 is 67.9 Å². The molecule has 3 amide bonds. The van der Waals surface area contributed by atoms with Crippen LogP contribution in [0, 0.1) is 0 Å². The summed E-state index contributed by atoms with van der Waals surface area (Å²) < 4.78 is 120. The first-order valence-corrected chi connectivity index (χ1v) is 22.9. The van der Waals surface area contributed by atoms with Gasteiger partial charge in [0.25, 0.3) is 21.8 Å². The van der Waals surface area contributed by atoms with Gasteiger partial charge in [0.15, 0.2) is 0 Å². The van der Waals surface area contributed by atoms with E-state index in [-0.39, 0.29) is 47.4 Å². The summed E-state index contributed by atoms with van der Waals surface area (Å²) in [4.78, 5) is 42.0. The molecule has 0 spiro atoms. The van der Waals surface area contributed by atoms with Crippen LogP contribution in [0.15, 0.2) is 155 Å². The third-order valence-corrected chi connectivity index (χ3v) is 11.7. The van der Waals surface area contributed by atoms with Crippen LogP contribution in [0.25, 0.3) is 0 Å². The molecule has 0 unspecified atom stereocenters. The SMILES string of the molecule is CCCCCC(=O)NS(=O)(=O)c1ccccc1NC(=O)c1cccc(OCc2ccc(C(F)(F)F)cc2)c1.NOOSc1ccccc1NC(=O)c1cccc(OCc2ccc(C(F)(F)F)cc2)c1. The predicted molar refractivity (Wildman–Crippen MR) is 245 cm³/mol. The fraction of sp³-hybridized carbons (Fsp3) is 0.188. The molecule has 0 heterocycles. The van der Waals surface area contributed by atoms with Crippen molar-refractivity contribution in [2.45, 2.75) is 68.0 Å². The number of alkyl halides is 6. The number of rotatable bonds is 19. The van der Waals surface area contributed by atoms with Gasteiger partial charge in [-0.3, -0.25) is 14.4 Å². The molecule has 0 saturated carbocycles. The second kappa shape index (κ2) is 24.9. The zero-order chi connectivity index (χ0) is 50.0. The van der Waals surface area contributed by atoms with E-state index in [1.807, 2.05) is 11.6 Å². The van der Waals surface area contributed by atoms with E-state index >= 15 is 0 Å². The maximum Gasteiger partial charge on any atom is 0.416 e. The molecule has 5 N–H and O–H groups in total. The number of benzene rings is 6. The van der Waals surface area contributed by atoms with Crippen molar-refractivity contribution in [1.82, 2.24) is 4.72 Å². The Balaban J connectivity index is 0.000000263. The van der Waals surface area contributed by atoms with Crippen molar-refractivity contribution in [3.8, 4) is 11.5 Å². The number of sulfonamides is 1. The summed E-state index contributed by atoms with van der Waals surface area (Å²) in [6.45, 7) is 2.00. The number of unbranched alkanes of at least 4 members (excludes halogenated alkanes) is 2. The van der Waals surface area contributed by atoms with Crippen LogP contribution in [-0.2, 0) is 49.7 Å². The molecular weight excluding hydrogens is 955 g/mol. The average molecular weight is 999 g/mol. The van der Waals surface area contributed by atoms with Gasteiger partial charge >= 0.3 is 12.4 Å². The number of ether oxygens (including phenoxy) is 2. The second-order valence-electron chi connectivity index (χ2n) is 14.7. The Bertz CT molecular complexity index is 2780. The van der Waals surface area contributed by atoms with Crippen LogP contribution in [0.3, 0.4) is 0 Å². The van der Waals surface area contributed by atoms with Crippen molar-refractivity contribution in [3.63, 3.8) is 0 Å². The highest BCUT2D eigenvalue weighted by Crippen LogP contribution is 2.32. The quantitative estimate of drug-likeness (QED) is 0.0199. The van der Waals surface area contributed by atoms with E-state index in [0.29, 0.717) is 39.4 Å². The van der Waals surface area contributed by atoms with Crippen LogP contribution in [0.4, 0.5) is 37.7 Å². The van der Waals surface area contributed by atoms with Gasteiger partial charge in [-0.05, 0) is 102 Å². The molecule has 0 saturated heterocycles. The molecule has 6 aromatic rings. The molecule has 21 heteroatoms. The first kappa shape index (κ1) is 53.1. The average Bonchev–Trinajstić information content (AvgIpc) is 3.32. The monoisotopic (exact) mass is 998 g/mol. The van der Waals surface area contributed by atoms with Crippen LogP contribution in [-0.4, -0.2) is 26.1 Å². The Morgan fingerprint density at radius 1 is 0.609 bits per heavy atom. The molecular formula is C48H44F6N4O9S2. The summed E-state index contributed by atoms with van der Waals surface area (Å²) in [5.74, 6) is 3.89. The molecule has 69 heavy (non-hydrogen) atoms. The topological polar surface area (TPSA) is 184 Å². The molecule has 6 rings (SSSR count). The van der Waals surface area contributed by atoms with E-state index in [0.717, 1.165) is 49.1 Å². The summed E-state index contributed by atoms with van der Waals surface area (Å²) >= 11 is 0.839. The Hall–Kier alpha value is -6.91. The van der Waals surface area contributed by atoms with Gasteiger partial charge in [-0.1, -0.05) is 80.4 Å². The lowest BCUT2D eigenvalue weighted by molar-refractivity contribution is -0.195. The Morgan fingerprint density at radius 3 is 1.58 bits per heavy atom. The molecule has 0 aliphatic rings. The number of nitrogens with two attached hydrogens (primary N) is 1. The Kier molecular flexibility index (Phi) is 19.2. The van der Waals surface area contributed by atoms with Gasteiger partial charge in [0, 0.05) is 17.5 Å². The lowest BCUT2D eigenvalue weighted by Gasteiger charge is -2.13. The zero-order valence-corrected chi connectivity index (χ0v) is 38.1. The number of carbonyl (C=O) groups is 3. The Morgan fingerprint density at radius 2 is 1.09 bits per heavy atom. The predicted octanol–water partition coefficient (Wildman–Crippen LogP) is 11.3. The number of carbonyl (C=O) groups excluding carboxylic acids is 3. The van der Waals surface area contributed by atoms with Gasteiger partial charge in [0.1, 0.15) is 29.6 Å². The summed E-state index contributed by atoms with van der Waals surface area (Å²) in [5, 5.41) is 5.31. The van der Waals surface area contributed by atoms with Gasteiger partial charge in [-0.25, -0.2) is 13.1 Å². The van der Waals surface area contributed by atoms with Crippen molar-refractivity contribution in [2.24, 2.45) is 5.90 Å². The largest absolute Gasteiger partial charge is 0.489 e. The number of para-hydroxylation sites is 2. The first-order chi connectivity index (χ1) is 32.9. The van der Waals surface area contributed by atoms with E-state index in [1.165, 1.54) is 60.7 Å². The van der Waals surface area contributed by atoms with Crippen molar-refractivity contribution >= 4 is 51.2 Å². The maximum absolute atomic E-state index is 12.9. The second-order valence-corrected chi connectivity index (χ2v) is 17.0. The molecule has 364 valence electrons. The van der Waals surface area contributed by atoms with Crippen molar-refractivity contribution in [1.29, 1.82) is 0 Å². The lowest BCUT2D eigenvalue weighted by atomic mass is 10.1. The number of anilines is 2. The molecule has 0 atom stereocenters. The number of hydrogen-bond donors (Lipinski definition) is 4. The summed E-state index contributed by atoms with van der Waals surface area (Å²) in [6, 6.07) is 34.3. The minimum Gasteiger partial charge on any atom is -0.489 e. The third kappa shape index (κ3) is 16.7. The molecule has 0 aromatic heterocycles. The van der Waals surface area contributed by atoms with Crippen molar-refractivity contribution in [3.05, 3.63) is 179 Å². The minimum absolute atomic E-state index is 0.0116. The highest BCUT2D eigenvalue weighted by atomic mass is 32.2. The van der Waals surface area contributed by atoms with E-state index in [1.54, 1.807) is 60.7 Å². The van der Waals surface area contributed by atoms with Gasteiger partial charge in [-0.2, -0.15) is 32.2 Å². The number of halogens is 6. The third-order valence-electron chi connectivity index (χ3n) is 9.54. The van der Waals surface area contributed by atoms with Crippen LogP contribution in [0.2, 0.25) is 0 Å². The molecule has 0 radical (unpaired) electrons. The van der Waals surface area contributed by atoms with Crippen LogP contribution >= 0.6 is 12.0 Å². The van der Waals surface area contributed by atoms with Gasteiger partial charge in [-0.15, -0.1) is 9.32 Å². The van der Waals surface area contributed by atoms with Gasteiger partial charge in [0.05, 0.1) is 39.4 Å². The van der Waals surface area contributed by atoms with Crippen molar-refractivity contribution in [2.75, 3.05) is 10.6 Å². The van der Waals surface area contributed by atoms with Gasteiger partial charge < -0.3 is 20.1 Å². The Labute approximate surface area is 397 Å². The van der Waals surface area contributed by atoms with E-state index in [4.69, 9.17) is 15.4 Å². The lowest BCUT2D eigenvalue weighted by Crippen LogP contribution is -2.31. The van der Waals surface area contributed by atoms with Gasteiger partial charge in [0.2, 0.25) is 5.91 Å². The molecule has 0 aliphatic heterocycles. The smallest absolute Gasteiger partial charge is 0.416 e. The highest BCUT2D eigenvalue weighted by Gasteiger charge is 2.31. The minimum atomic E-state index is -4.43. The zero-order valence-electron chi connectivity index (χ0n) is 36.4. The van der Waals surface area contributed by atoms with Crippen LogP contribution in [0.1, 0.15) is 75.6 Å². The molecule has 0 aliphatic carbocycles. The van der Waals surface area contributed by atoms with Crippen LogP contribution in [0.5, 0.6) is 11.5 Å².